The number of methoxy groups -OCH3 is 2. The molecule has 4 rings (SSSR count). The third kappa shape index (κ3) is 3.38. The second kappa shape index (κ2) is 7.68. The molecule has 0 radical (unpaired) electrons. The molecule has 5 heteroatoms. The van der Waals surface area contributed by atoms with Crippen LogP contribution in [0.15, 0.2) is 53.9 Å². The molecule has 0 aliphatic carbocycles. The zero-order valence-corrected chi connectivity index (χ0v) is 17.1. The normalized spacial score (nSPS) is 15.8. The summed E-state index contributed by atoms with van der Waals surface area (Å²) in [5.41, 5.74) is 4.14. The second-order valence-corrected chi connectivity index (χ2v) is 7.96. The average molecular weight is 394 g/mol. The van der Waals surface area contributed by atoms with E-state index in [0.717, 1.165) is 12.0 Å². The maximum atomic E-state index is 13.5. The molecule has 0 fully saturated rings. The van der Waals surface area contributed by atoms with Crippen LogP contribution in [0, 0.1) is 6.92 Å². The Bertz CT molecular complexity index is 971. The van der Waals surface area contributed by atoms with Crippen molar-refractivity contribution < 1.29 is 14.3 Å². The summed E-state index contributed by atoms with van der Waals surface area (Å²) in [5.74, 6) is 1.21. The van der Waals surface area contributed by atoms with E-state index in [1.54, 1.807) is 43.8 Å². The van der Waals surface area contributed by atoms with Gasteiger partial charge in [0.15, 0.2) is 0 Å². The van der Waals surface area contributed by atoms with Gasteiger partial charge in [-0.15, -0.1) is 11.3 Å². The summed E-state index contributed by atoms with van der Waals surface area (Å²) in [7, 11) is 3.19. The van der Waals surface area contributed by atoms with Crippen molar-refractivity contribution in [3.63, 3.8) is 0 Å². The SMILES string of the molecule is COc1cc(OC)cc(C(=O)N2CCc3sccc3[C@H]2c2ccc(C)cc2)c1. The number of rotatable bonds is 4. The number of ether oxygens (including phenoxy) is 2. The lowest BCUT2D eigenvalue weighted by Gasteiger charge is -2.36. The number of benzene rings is 2. The lowest BCUT2D eigenvalue weighted by Crippen LogP contribution is -2.40. The fourth-order valence-corrected chi connectivity index (χ4v) is 4.64. The third-order valence-electron chi connectivity index (χ3n) is 5.22. The molecule has 0 N–H and O–H groups in total. The Labute approximate surface area is 169 Å². The molecule has 0 unspecified atom stereocenters. The first-order chi connectivity index (χ1) is 13.6. The van der Waals surface area contributed by atoms with E-state index < -0.39 is 0 Å². The predicted octanol–water partition coefficient (Wildman–Crippen LogP) is 4.86. The van der Waals surface area contributed by atoms with Crippen molar-refractivity contribution in [3.05, 3.63) is 81.0 Å². The molecular formula is C23H23NO3S. The van der Waals surface area contributed by atoms with E-state index >= 15 is 0 Å². The highest BCUT2D eigenvalue weighted by molar-refractivity contribution is 7.10. The number of fused-ring (bicyclic) bond motifs is 1. The van der Waals surface area contributed by atoms with Crippen LogP contribution >= 0.6 is 11.3 Å². The minimum absolute atomic E-state index is 0.0142. The first-order valence-corrected chi connectivity index (χ1v) is 10.2. The number of nitrogens with zero attached hydrogens (tertiary/aromatic N) is 1. The van der Waals surface area contributed by atoms with Gasteiger partial charge in [-0.3, -0.25) is 4.79 Å². The quantitative estimate of drug-likeness (QED) is 0.635. The highest BCUT2D eigenvalue weighted by Crippen LogP contribution is 2.39. The van der Waals surface area contributed by atoms with Crippen LogP contribution in [0.3, 0.4) is 0 Å². The Morgan fingerprint density at radius 3 is 2.36 bits per heavy atom. The molecule has 28 heavy (non-hydrogen) atoms. The Balaban J connectivity index is 1.77. The molecule has 1 atom stereocenters. The Morgan fingerprint density at radius 1 is 1.04 bits per heavy atom. The van der Waals surface area contributed by atoms with Gasteiger partial charge in [-0.1, -0.05) is 29.8 Å². The summed E-state index contributed by atoms with van der Waals surface area (Å²) >= 11 is 1.77. The smallest absolute Gasteiger partial charge is 0.254 e. The molecule has 3 aromatic rings. The van der Waals surface area contributed by atoms with E-state index in [0.29, 0.717) is 23.6 Å². The maximum Gasteiger partial charge on any atom is 0.254 e. The van der Waals surface area contributed by atoms with Gasteiger partial charge in [0.05, 0.1) is 20.3 Å². The van der Waals surface area contributed by atoms with Gasteiger partial charge in [-0.25, -0.2) is 0 Å². The maximum absolute atomic E-state index is 13.5. The number of hydrogen-bond donors (Lipinski definition) is 0. The summed E-state index contributed by atoms with van der Waals surface area (Å²) < 4.78 is 10.7. The molecule has 1 aliphatic rings. The van der Waals surface area contributed by atoms with Crippen LogP contribution in [0.1, 0.15) is 38.0 Å². The number of carbonyl (C=O) groups excluding carboxylic acids is 1. The standard InChI is InChI=1S/C23H23NO3S/c1-15-4-6-16(7-5-15)22-20-9-11-28-21(20)8-10-24(22)23(25)17-12-18(26-2)14-19(13-17)27-3/h4-7,9,11-14,22H,8,10H2,1-3H3/t22-/m1/s1. The van der Waals surface area contributed by atoms with Gasteiger partial charge in [-0.2, -0.15) is 0 Å². The minimum Gasteiger partial charge on any atom is -0.497 e. The minimum atomic E-state index is -0.0831. The van der Waals surface area contributed by atoms with Gasteiger partial charge >= 0.3 is 0 Å². The van der Waals surface area contributed by atoms with Crippen LogP contribution in [0.5, 0.6) is 11.5 Å². The number of aryl methyl sites for hydroxylation is 1. The van der Waals surface area contributed by atoms with E-state index in [1.807, 2.05) is 4.90 Å². The highest BCUT2D eigenvalue weighted by Gasteiger charge is 2.33. The molecule has 0 saturated heterocycles. The molecule has 1 aliphatic heterocycles. The fourth-order valence-electron chi connectivity index (χ4n) is 3.74. The van der Waals surface area contributed by atoms with Crippen LogP contribution in [0.25, 0.3) is 0 Å². The summed E-state index contributed by atoms with van der Waals surface area (Å²) in [6, 6.07) is 15.9. The van der Waals surface area contributed by atoms with Crippen molar-refractivity contribution >= 4 is 17.2 Å². The third-order valence-corrected chi connectivity index (χ3v) is 6.21. The fraction of sp³-hybridized carbons (Fsp3) is 0.261. The molecule has 144 valence electrons. The van der Waals surface area contributed by atoms with E-state index in [1.165, 1.54) is 16.0 Å². The first-order valence-electron chi connectivity index (χ1n) is 9.27. The van der Waals surface area contributed by atoms with Crippen LogP contribution in [-0.4, -0.2) is 31.6 Å². The number of carbonyl (C=O) groups is 1. The Kier molecular flexibility index (Phi) is 5.09. The van der Waals surface area contributed by atoms with Crippen molar-refractivity contribution in [2.45, 2.75) is 19.4 Å². The molecule has 2 aromatic carbocycles. The van der Waals surface area contributed by atoms with Gasteiger partial charge in [0.2, 0.25) is 0 Å². The Hall–Kier alpha value is -2.79. The van der Waals surface area contributed by atoms with Gasteiger partial charge < -0.3 is 14.4 Å². The highest BCUT2D eigenvalue weighted by atomic mass is 32.1. The lowest BCUT2D eigenvalue weighted by molar-refractivity contribution is 0.0695. The zero-order chi connectivity index (χ0) is 19.7. The molecule has 1 amide bonds. The molecule has 2 heterocycles. The van der Waals surface area contributed by atoms with Crippen molar-refractivity contribution in [3.8, 4) is 11.5 Å². The monoisotopic (exact) mass is 393 g/mol. The van der Waals surface area contributed by atoms with Crippen molar-refractivity contribution in [2.24, 2.45) is 0 Å². The largest absolute Gasteiger partial charge is 0.497 e. The number of amides is 1. The van der Waals surface area contributed by atoms with E-state index in [2.05, 4.69) is 42.6 Å². The molecule has 1 aromatic heterocycles. The summed E-state index contributed by atoms with van der Waals surface area (Å²) in [5, 5.41) is 2.12. The summed E-state index contributed by atoms with van der Waals surface area (Å²) in [6.07, 6.45) is 0.877. The molecular weight excluding hydrogens is 370 g/mol. The van der Waals surface area contributed by atoms with Crippen LogP contribution in [0.4, 0.5) is 0 Å². The lowest BCUT2D eigenvalue weighted by atomic mass is 9.92. The molecule has 0 saturated carbocycles. The van der Waals surface area contributed by atoms with Gasteiger partial charge in [0.1, 0.15) is 11.5 Å². The topological polar surface area (TPSA) is 38.8 Å². The van der Waals surface area contributed by atoms with Gasteiger partial charge in [0.25, 0.3) is 5.91 Å². The average Bonchev–Trinajstić information content (AvgIpc) is 3.21. The summed E-state index contributed by atoms with van der Waals surface area (Å²) in [6.45, 7) is 2.76. The Morgan fingerprint density at radius 2 is 1.71 bits per heavy atom. The van der Waals surface area contributed by atoms with E-state index in [9.17, 15) is 4.79 Å². The number of hydrogen-bond acceptors (Lipinski definition) is 4. The van der Waals surface area contributed by atoms with Gasteiger partial charge in [-0.05, 0) is 48.1 Å². The molecule has 0 spiro atoms. The van der Waals surface area contributed by atoms with Crippen LogP contribution in [-0.2, 0) is 6.42 Å². The van der Waals surface area contributed by atoms with Crippen LogP contribution < -0.4 is 9.47 Å². The van der Waals surface area contributed by atoms with E-state index in [-0.39, 0.29) is 11.9 Å². The molecule has 0 bridgehead atoms. The van der Waals surface area contributed by atoms with Crippen molar-refractivity contribution in [2.75, 3.05) is 20.8 Å². The van der Waals surface area contributed by atoms with Crippen LogP contribution in [0.2, 0.25) is 0 Å². The summed E-state index contributed by atoms with van der Waals surface area (Å²) in [4.78, 5) is 16.9. The first kappa shape index (κ1) is 18.6. The van der Waals surface area contributed by atoms with Gasteiger partial charge in [0, 0.05) is 23.1 Å². The molecule has 4 nitrogen and oxygen atoms in total. The predicted molar refractivity (Wildman–Crippen MR) is 112 cm³/mol. The number of thiophene rings is 1. The van der Waals surface area contributed by atoms with Crippen molar-refractivity contribution in [1.82, 2.24) is 4.90 Å². The zero-order valence-electron chi connectivity index (χ0n) is 16.3. The van der Waals surface area contributed by atoms with Crippen molar-refractivity contribution in [1.29, 1.82) is 0 Å². The van der Waals surface area contributed by atoms with E-state index in [4.69, 9.17) is 9.47 Å². The second-order valence-electron chi connectivity index (χ2n) is 6.96.